The fourth-order valence-electron chi connectivity index (χ4n) is 1.24. The summed E-state index contributed by atoms with van der Waals surface area (Å²) in [6.45, 7) is 4.56. The first-order chi connectivity index (χ1) is 6.81. The van der Waals surface area contributed by atoms with E-state index in [2.05, 4.69) is 5.16 Å². The molecule has 0 atom stereocenters. The second-order valence-electron chi connectivity index (χ2n) is 2.86. The van der Waals surface area contributed by atoms with Crippen molar-refractivity contribution in [3.05, 3.63) is 29.8 Å². The van der Waals surface area contributed by atoms with Crippen LogP contribution in [-0.2, 0) is 0 Å². The molecule has 76 valence electrons. The number of oxime groups is 1. The van der Waals surface area contributed by atoms with Crippen LogP contribution in [0.1, 0.15) is 25.8 Å². The second-order valence-corrected chi connectivity index (χ2v) is 2.86. The highest BCUT2D eigenvalue weighted by atomic mass is 16.5. The molecule has 0 radical (unpaired) electrons. The van der Waals surface area contributed by atoms with E-state index >= 15 is 0 Å². The van der Waals surface area contributed by atoms with E-state index < -0.39 is 0 Å². The highest BCUT2D eigenvalue weighted by Gasteiger charge is 2.01. The fourth-order valence-corrected chi connectivity index (χ4v) is 1.24. The minimum Gasteiger partial charge on any atom is -0.494 e. The fraction of sp³-hybridized carbons (Fsp3) is 0.364. The van der Waals surface area contributed by atoms with Gasteiger partial charge in [0, 0.05) is 0 Å². The van der Waals surface area contributed by atoms with E-state index in [0.717, 1.165) is 11.3 Å². The molecule has 0 saturated heterocycles. The quantitative estimate of drug-likeness (QED) is 0.454. The minimum atomic E-state index is 0.661. The summed E-state index contributed by atoms with van der Waals surface area (Å²) in [6.07, 6.45) is 0.713. The highest BCUT2D eigenvalue weighted by Crippen LogP contribution is 2.13. The van der Waals surface area contributed by atoms with E-state index in [-0.39, 0.29) is 0 Å². The Hall–Kier alpha value is -1.51. The first-order valence-electron chi connectivity index (χ1n) is 4.76. The van der Waals surface area contributed by atoms with Gasteiger partial charge < -0.3 is 9.94 Å². The number of hydrogen-bond acceptors (Lipinski definition) is 3. The summed E-state index contributed by atoms with van der Waals surface area (Å²) in [6, 6.07) is 7.53. The topological polar surface area (TPSA) is 41.8 Å². The van der Waals surface area contributed by atoms with Gasteiger partial charge in [-0.1, -0.05) is 12.1 Å². The summed E-state index contributed by atoms with van der Waals surface area (Å²) in [4.78, 5) is 0. The van der Waals surface area contributed by atoms with Gasteiger partial charge in [0.2, 0.25) is 0 Å². The molecular formula is C11H15NO2. The van der Waals surface area contributed by atoms with Gasteiger partial charge in [-0.05, 0) is 43.2 Å². The Bertz CT molecular complexity index is 304. The predicted octanol–water partition coefficient (Wildman–Crippen LogP) is 2.67. The molecule has 3 heteroatoms. The third-order valence-corrected chi connectivity index (χ3v) is 1.95. The number of rotatable bonds is 4. The van der Waals surface area contributed by atoms with Crippen molar-refractivity contribution in [1.82, 2.24) is 0 Å². The third-order valence-electron chi connectivity index (χ3n) is 1.95. The van der Waals surface area contributed by atoms with Crippen molar-refractivity contribution in [2.75, 3.05) is 6.61 Å². The van der Waals surface area contributed by atoms with Crippen LogP contribution in [0.5, 0.6) is 5.75 Å². The lowest BCUT2D eigenvalue weighted by Crippen LogP contribution is -1.99. The zero-order valence-corrected chi connectivity index (χ0v) is 8.53. The summed E-state index contributed by atoms with van der Waals surface area (Å²) in [5.74, 6) is 0.838. The molecule has 0 aromatic heterocycles. The zero-order valence-electron chi connectivity index (χ0n) is 8.53. The van der Waals surface area contributed by atoms with Crippen LogP contribution in [0.15, 0.2) is 29.4 Å². The Morgan fingerprint density at radius 2 is 1.93 bits per heavy atom. The van der Waals surface area contributed by atoms with Gasteiger partial charge in [0.05, 0.1) is 12.3 Å². The van der Waals surface area contributed by atoms with Crippen molar-refractivity contribution in [2.24, 2.45) is 5.16 Å². The van der Waals surface area contributed by atoms with Crippen LogP contribution in [-0.4, -0.2) is 17.5 Å². The lowest BCUT2D eigenvalue weighted by atomic mass is 10.1. The predicted molar refractivity (Wildman–Crippen MR) is 56.2 cm³/mol. The molecule has 0 unspecified atom stereocenters. The molecule has 0 aliphatic heterocycles. The van der Waals surface area contributed by atoms with Gasteiger partial charge in [-0.2, -0.15) is 0 Å². The smallest absolute Gasteiger partial charge is 0.119 e. The van der Waals surface area contributed by atoms with E-state index in [1.807, 2.05) is 38.1 Å². The van der Waals surface area contributed by atoms with E-state index in [9.17, 15) is 0 Å². The maximum Gasteiger partial charge on any atom is 0.119 e. The normalized spacial score (nSPS) is 11.4. The summed E-state index contributed by atoms with van der Waals surface area (Å²) >= 11 is 0. The van der Waals surface area contributed by atoms with Crippen molar-refractivity contribution in [3.63, 3.8) is 0 Å². The molecule has 0 amide bonds. The van der Waals surface area contributed by atoms with Gasteiger partial charge in [0.25, 0.3) is 0 Å². The number of hydrogen-bond donors (Lipinski definition) is 1. The highest BCUT2D eigenvalue weighted by molar-refractivity contribution is 6.00. The average molecular weight is 193 g/mol. The van der Waals surface area contributed by atoms with Gasteiger partial charge in [0.15, 0.2) is 0 Å². The minimum absolute atomic E-state index is 0.661. The Kier molecular flexibility index (Phi) is 3.98. The van der Waals surface area contributed by atoms with Gasteiger partial charge in [-0.25, -0.2) is 0 Å². The molecule has 1 N–H and O–H groups in total. The van der Waals surface area contributed by atoms with Crippen LogP contribution in [0.3, 0.4) is 0 Å². The summed E-state index contributed by atoms with van der Waals surface area (Å²) in [5, 5.41) is 11.9. The molecule has 14 heavy (non-hydrogen) atoms. The molecule has 3 nitrogen and oxygen atoms in total. The molecular weight excluding hydrogens is 178 g/mol. The van der Waals surface area contributed by atoms with Gasteiger partial charge in [-0.3, -0.25) is 0 Å². The molecule has 0 spiro atoms. The van der Waals surface area contributed by atoms with Crippen molar-refractivity contribution in [1.29, 1.82) is 0 Å². The standard InChI is InChI=1S/C11H15NO2/c1-3-11(12-13)9-5-7-10(8-6-9)14-4-2/h5-8,13H,3-4H2,1-2H3/b12-11+. The zero-order chi connectivity index (χ0) is 10.4. The third kappa shape index (κ3) is 2.49. The Morgan fingerprint density at radius 1 is 1.29 bits per heavy atom. The first kappa shape index (κ1) is 10.6. The monoisotopic (exact) mass is 193 g/mol. The van der Waals surface area contributed by atoms with Crippen LogP contribution in [0.2, 0.25) is 0 Å². The van der Waals surface area contributed by atoms with Crippen LogP contribution < -0.4 is 4.74 Å². The van der Waals surface area contributed by atoms with Crippen molar-refractivity contribution >= 4 is 5.71 Å². The van der Waals surface area contributed by atoms with Gasteiger partial charge in [-0.15, -0.1) is 0 Å². The molecule has 1 aromatic carbocycles. The van der Waals surface area contributed by atoms with Crippen LogP contribution >= 0.6 is 0 Å². The van der Waals surface area contributed by atoms with Crippen LogP contribution in [0.4, 0.5) is 0 Å². The number of nitrogens with zero attached hydrogens (tertiary/aromatic N) is 1. The summed E-state index contributed by atoms with van der Waals surface area (Å²) < 4.78 is 5.31. The molecule has 0 saturated carbocycles. The molecule has 0 aliphatic rings. The van der Waals surface area contributed by atoms with E-state index in [4.69, 9.17) is 9.94 Å². The largest absolute Gasteiger partial charge is 0.494 e. The number of ether oxygens (including phenoxy) is 1. The van der Waals surface area contributed by atoms with Crippen LogP contribution in [0, 0.1) is 0 Å². The average Bonchev–Trinajstić information content (AvgIpc) is 2.23. The maximum absolute atomic E-state index is 8.71. The summed E-state index contributed by atoms with van der Waals surface area (Å²) in [5.41, 5.74) is 1.62. The molecule has 1 aromatic rings. The Balaban J connectivity index is 2.82. The lowest BCUT2D eigenvalue weighted by molar-refractivity contribution is 0.318. The van der Waals surface area contributed by atoms with Crippen molar-refractivity contribution < 1.29 is 9.94 Å². The number of benzene rings is 1. The first-order valence-corrected chi connectivity index (χ1v) is 4.76. The van der Waals surface area contributed by atoms with Crippen LogP contribution in [0.25, 0.3) is 0 Å². The van der Waals surface area contributed by atoms with Gasteiger partial charge >= 0.3 is 0 Å². The second kappa shape index (κ2) is 5.27. The molecule has 0 bridgehead atoms. The molecule has 0 heterocycles. The van der Waals surface area contributed by atoms with E-state index in [0.29, 0.717) is 18.7 Å². The Labute approximate surface area is 84.0 Å². The van der Waals surface area contributed by atoms with E-state index in [1.54, 1.807) is 0 Å². The Morgan fingerprint density at radius 3 is 2.36 bits per heavy atom. The maximum atomic E-state index is 8.71. The SMILES string of the molecule is CCOc1ccc(/C(CC)=N/O)cc1. The van der Waals surface area contributed by atoms with Crippen molar-refractivity contribution in [3.8, 4) is 5.75 Å². The van der Waals surface area contributed by atoms with Crippen molar-refractivity contribution in [2.45, 2.75) is 20.3 Å². The van der Waals surface area contributed by atoms with E-state index in [1.165, 1.54) is 0 Å². The summed E-state index contributed by atoms with van der Waals surface area (Å²) in [7, 11) is 0. The molecule has 0 aliphatic carbocycles. The van der Waals surface area contributed by atoms with Gasteiger partial charge in [0.1, 0.15) is 5.75 Å². The molecule has 0 fully saturated rings. The molecule has 1 rings (SSSR count). The lowest BCUT2D eigenvalue weighted by Gasteiger charge is -2.04.